The van der Waals surface area contributed by atoms with Crippen molar-refractivity contribution < 1.29 is 14.3 Å². The van der Waals surface area contributed by atoms with Gasteiger partial charge in [0.05, 0.1) is 24.9 Å². The van der Waals surface area contributed by atoms with Crippen LogP contribution in [0.2, 0.25) is 0 Å². The molecular weight excluding hydrogens is 344 g/mol. The number of hydrogen-bond donors (Lipinski definition) is 2. The average Bonchev–Trinajstić information content (AvgIpc) is 3.12. The Labute approximate surface area is 156 Å². The number of fused-ring (bicyclic) bond motifs is 1. The summed E-state index contributed by atoms with van der Waals surface area (Å²) in [4.78, 5) is 25.0. The van der Waals surface area contributed by atoms with E-state index in [-0.39, 0.29) is 18.2 Å². The molecule has 1 atom stereocenters. The monoisotopic (exact) mass is 362 g/mol. The molecule has 0 spiro atoms. The molecule has 27 heavy (non-hydrogen) atoms. The Morgan fingerprint density at radius 3 is 2.70 bits per heavy atom. The molecule has 0 radical (unpaired) electrons. The molecule has 1 aromatic heterocycles. The smallest absolute Gasteiger partial charge is 0.249 e. The van der Waals surface area contributed by atoms with Crippen LogP contribution in [0.5, 0.6) is 5.75 Å². The summed E-state index contributed by atoms with van der Waals surface area (Å²) in [6.07, 6.45) is 0.0178. The number of hydrogen-bond acceptors (Lipinski definition) is 4. The van der Waals surface area contributed by atoms with Gasteiger partial charge in [-0.3, -0.25) is 9.59 Å². The summed E-state index contributed by atoms with van der Waals surface area (Å²) in [5, 5.41) is 10.2. The predicted molar refractivity (Wildman–Crippen MR) is 102 cm³/mol. The van der Waals surface area contributed by atoms with Crippen molar-refractivity contribution in [1.82, 2.24) is 9.78 Å². The number of anilines is 2. The van der Waals surface area contributed by atoms with E-state index in [0.717, 1.165) is 5.56 Å². The number of benzene rings is 2. The fourth-order valence-electron chi connectivity index (χ4n) is 3.10. The van der Waals surface area contributed by atoms with E-state index in [1.54, 1.807) is 28.9 Å². The summed E-state index contributed by atoms with van der Waals surface area (Å²) in [6.45, 7) is 0. The van der Waals surface area contributed by atoms with Crippen LogP contribution in [0.1, 0.15) is 12.5 Å². The number of para-hydroxylation sites is 2. The fraction of sp³-hybridized carbons (Fsp3) is 0.150. The summed E-state index contributed by atoms with van der Waals surface area (Å²) in [5.41, 5.74) is 2.16. The van der Waals surface area contributed by atoms with Crippen LogP contribution >= 0.6 is 0 Å². The molecule has 7 heteroatoms. The van der Waals surface area contributed by atoms with Crippen LogP contribution in [0, 0.1) is 0 Å². The molecule has 1 aliphatic rings. The zero-order valence-electron chi connectivity index (χ0n) is 14.7. The first-order valence-corrected chi connectivity index (χ1v) is 8.54. The summed E-state index contributed by atoms with van der Waals surface area (Å²) in [7, 11) is 1.54. The van der Waals surface area contributed by atoms with Crippen LogP contribution in [-0.2, 0) is 9.59 Å². The fourth-order valence-corrected chi connectivity index (χ4v) is 3.10. The lowest BCUT2D eigenvalue weighted by molar-refractivity contribution is -0.125. The van der Waals surface area contributed by atoms with Gasteiger partial charge in [-0.15, -0.1) is 0 Å². The molecule has 4 rings (SSSR count). The number of methoxy groups -OCH3 is 1. The first-order valence-electron chi connectivity index (χ1n) is 8.54. The molecule has 2 amide bonds. The summed E-state index contributed by atoms with van der Waals surface area (Å²) >= 11 is 0. The molecule has 7 nitrogen and oxygen atoms in total. The zero-order valence-corrected chi connectivity index (χ0v) is 14.7. The molecule has 3 aromatic rings. The van der Waals surface area contributed by atoms with Crippen molar-refractivity contribution in [3.63, 3.8) is 0 Å². The van der Waals surface area contributed by atoms with E-state index in [2.05, 4.69) is 15.7 Å². The molecule has 1 aliphatic heterocycles. The molecule has 0 saturated heterocycles. The Morgan fingerprint density at radius 2 is 1.93 bits per heavy atom. The van der Waals surface area contributed by atoms with E-state index in [1.165, 1.54) is 7.11 Å². The largest absolute Gasteiger partial charge is 0.495 e. The molecule has 0 fully saturated rings. The number of rotatable bonds is 4. The van der Waals surface area contributed by atoms with Crippen molar-refractivity contribution in [2.24, 2.45) is 0 Å². The van der Waals surface area contributed by atoms with E-state index < -0.39 is 6.04 Å². The number of amides is 2. The highest BCUT2D eigenvalue weighted by Gasteiger charge is 2.32. The third kappa shape index (κ3) is 3.27. The third-order valence-electron chi connectivity index (χ3n) is 4.41. The maximum atomic E-state index is 12.9. The van der Waals surface area contributed by atoms with E-state index in [0.29, 0.717) is 22.9 Å². The van der Waals surface area contributed by atoms with Crippen LogP contribution in [0.25, 0.3) is 11.3 Å². The highest BCUT2D eigenvalue weighted by Crippen LogP contribution is 2.31. The highest BCUT2D eigenvalue weighted by molar-refractivity contribution is 6.02. The SMILES string of the molecule is COc1ccccc1NC(=O)[C@H]1CC(=O)Nc2cc(-c3ccccc3)nn21. The van der Waals surface area contributed by atoms with Gasteiger partial charge in [-0.25, -0.2) is 4.68 Å². The van der Waals surface area contributed by atoms with Crippen molar-refractivity contribution in [3.8, 4) is 17.0 Å². The second-order valence-electron chi connectivity index (χ2n) is 6.18. The Balaban J connectivity index is 1.65. The Hall–Kier alpha value is -3.61. The number of aromatic nitrogens is 2. The normalized spacial score (nSPS) is 15.6. The summed E-state index contributed by atoms with van der Waals surface area (Å²) in [6, 6.07) is 17.8. The predicted octanol–water partition coefficient (Wildman–Crippen LogP) is 3.08. The van der Waals surface area contributed by atoms with Gasteiger partial charge in [-0.1, -0.05) is 42.5 Å². The van der Waals surface area contributed by atoms with Crippen LogP contribution in [0.15, 0.2) is 60.7 Å². The lowest BCUT2D eigenvalue weighted by Gasteiger charge is -2.24. The first kappa shape index (κ1) is 16.8. The van der Waals surface area contributed by atoms with Gasteiger partial charge in [-0.2, -0.15) is 5.10 Å². The van der Waals surface area contributed by atoms with Gasteiger partial charge in [0.1, 0.15) is 17.6 Å². The molecule has 0 unspecified atom stereocenters. The van der Waals surface area contributed by atoms with Crippen molar-refractivity contribution in [2.45, 2.75) is 12.5 Å². The van der Waals surface area contributed by atoms with E-state index in [4.69, 9.17) is 4.74 Å². The minimum absolute atomic E-state index is 0.0178. The standard InChI is InChI=1S/C20H18N4O3/c1-27-17-10-6-5-9-14(17)21-20(26)16-12-19(25)22-18-11-15(23-24(16)18)13-7-3-2-4-8-13/h2-11,16H,12H2,1H3,(H,21,26)(H,22,25)/t16-/m1/s1. The molecule has 0 saturated carbocycles. The van der Waals surface area contributed by atoms with Crippen molar-refractivity contribution >= 4 is 23.3 Å². The second kappa shape index (κ2) is 6.95. The van der Waals surface area contributed by atoms with Gasteiger partial charge in [0.2, 0.25) is 11.8 Å². The van der Waals surface area contributed by atoms with Gasteiger partial charge < -0.3 is 15.4 Å². The van der Waals surface area contributed by atoms with Crippen molar-refractivity contribution in [3.05, 3.63) is 60.7 Å². The highest BCUT2D eigenvalue weighted by atomic mass is 16.5. The van der Waals surface area contributed by atoms with Crippen LogP contribution < -0.4 is 15.4 Å². The number of ether oxygens (including phenoxy) is 1. The van der Waals surface area contributed by atoms with Crippen molar-refractivity contribution in [1.29, 1.82) is 0 Å². The maximum absolute atomic E-state index is 12.9. The maximum Gasteiger partial charge on any atom is 0.249 e. The first-order chi connectivity index (χ1) is 13.2. The molecule has 2 heterocycles. The lowest BCUT2D eigenvalue weighted by atomic mass is 10.1. The summed E-state index contributed by atoms with van der Waals surface area (Å²) < 4.78 is 6.83. The number of carbonyl (C=O) groups is 2. The summed E-state index contributed by atoms with van der Waals surface area (Å²) in [5.74, 6) is 0.516. The van der Waals surface area contributed by atoms with E-state index in [9.17, 15) is 9.59 Å². The average molecular weight is 362 g/mol. The van der Waals surface area contributed by atoms with Gasteiger partial charge in [0.25, 0.3) is 0 Å². The van der Waals surface area contributed by atoms with Gasteiger partial charge in [-0.05, 0) is 12.1 Å². The Morgan fingerprint density at radius 1 is 1.19 bits per heavy atom. The zero-order chi connectivity index (χ0) is 18.8. The quantitative estimate of drug-likeness (QED) is 0.747. The van der Waals surface area contributed by atoms with E-state index >= 15 is 0 Å². The number of nitrogens with zero attached hydrogens (tertiary/aromatic N) is 2. The molecular formula is C20H18N4O3. The Kier molecular flexibility index (Phi) is 4.33. The van der Waals surface area contributed by atoms with Gasteiger partial charge >= 0.3 is 0 Å². The lowest BCUT2D eigenvalue weighted by Crippen LogP contribution is -2.35. The molecule has 0 aliphatic carbocycles. The molecule has 136 valence electrons. The minimum atomic E-state index is -0.740. The number of nitrogens with one attached hydrogen (secondary N) is 2. The van der Waals surface area contributed by atoms with Crippen LogP contribution in [0.3, 0.4) is 0 Å². The topological polar surface area (TPSA) is 85.2 Å². The van der Waals surface area contributed by atoms with Crippen molar-refractivity contribution in [2.75, 3.05) is 17.7 Å². The third-order valence-corrected chi connectivity index (χ3v) is 4.41. The van der Waals surface area contributed by atoms with Crippen LogP contribution in [-0.4, -0.2) is 28.7 Å². The second-order valence-corrected chi connectivity index (χ2v) is 6.18. The van der Waals surface area contributed by atoms with Crippen LogP contribution in [0.4, 0.5) is 11.5 Å². The Bertz CT molecular complexity index is 997. The molecule has 2 aromatic carbocycles. The van der Waals surface area contributed by atoms with Gasteiger partial charge in [0.15, 0.2) is 0 Å². The van der Waals surface area contributed by atoms with E-state index in [1.807, 2.05) is 36.4 Å². The van der Waals surface area contributed by atoms with Gasteiger partial charge in [0, 0.05) is 11.6 Å². The number of carbonyl (C=O) groups excluding carboxylic acids is 2. The molecule has 2 N–H and O–H groups in total. The minimum Gasteiger partial charge on any atom is -0.495 e. The molecule has 0 bridgehead atoms.